The zero-order valence-corrected chi connectivity index (χ0v) is 12.4. The summed E-state index contributed by atoms with van der Waals surface area (Å²) >= 11 is 0. The summed E-state index contributed by atoms with van der Waals surface area (Å²) in [6.07, 6.45) is 0. The quantitative estimate of drug-likeness (QED) is 0.673. The van der Waals surface area contributed by atoms with E-state index in [2.05, 4.69) is 10.4 Å². The molecule has 0 aliphatic heterocycles. The van der Waals surface area contributed by atoms with Crippen molar-refractivity contribution in [2.24, 2.45) is 5.73 Å². The number of rotatable bonds is 5. The van der Waals surface area contributed by atoms with Crippen LogP contribution in [0.2, 0.25) is 0 Å². The average molecular weight is 307 g/mol. The van der Waals surface area contributed by atoms with Crippen molar-refractivity contribution in [3.8, 4) is 0 Å². The Labute approximate surface area is 133 Å². The molecule has 0 fully saturated rings. The molecule has 0 bridgehead atoms. The van der Waals surface area contributed by atoms with E-state index in [1.807, 2.05) is 60.7 Å². The highest BCUT2D eigenvalue weighted by Crippen LogP contribution is 2.26. The highest BCUT2D eigenvalue weighted by molar-refractivity contribution is 6.02. The molecule has 1 heterocycles. The minimum absolute atomic E-state index is 0.117. The Kier molecular flexibility index (Phi) is 3.97. The second-order valence-electron chi connectivity index (χ2n) is 5.11. The number of primary amides is 1. The van der Waals surface area contributed by atoms with E-state index in [1.54, 1.807) is 4.68 Å². The van der Waals surface area contributed by atoms with Gasteiger partial charge in [-0.25, -0.2) is 4.68 Å². The first-order chi connectivity index (χ1) is 11.1. The highest BCUT2D eigenvalue weighted by atomic mass is 16.1. The number of carbonyl (C=O) groups is 1. The van der Waals surface area contributed by atoms with Crippen LogP contribution in [0.3, 0.4) is 0 Å². The Morgan fingerprint density at radius 1 is 1.04 bits per heavy atom. The van der Waals surface area contributed by atoms with E-state index in [0.717, 1.165) is 11.3 Å². The molecule has 6 heteroatoms. The molecule has 2 aromatic carbocycles. The van der Waals surface area contributed by atoms with Crippen molar-refractivity contribution in [1.82, 2.24) is 9.78 Å². The molecule has 1 aromatic heterocycles. The number of amides is 1. The third-order valence-corrected chi connectivity index (χ3v) is 3.44. The normalized spacial score (nSPS) is 10.4. The van der Waals surface area contributed by atoms with Crippen molar-refractivity contribution in [2.75, 3.05) is 11.1 Å². The first-order valence-electron chi connectivity index (χ1n) is 7.17. The molecule has 6 nitrogen and oxygen atoms in total. The predicted octanol–water partition coefficient (Wildman–Crippen LogP) is 2.36. The van der Waals surface area contributed by atoms with Gasteiger partial charge in [0.05, 0.1) is 6.54 Å². The van der Waals surface area contributed by atoms with Crippen LogP contribution >= 0.6 is 0 Å². The topological polar surface area (TPSA) is 99.0 Å². The van der Waals surface area contributed by atoms with Gasteiger partial charge in [-0.05, 0) is 17.7 Å². The molecule has 0 aliphatic rings. The van der Waals surface area contributed by atoms with E-state index in [9.17, 15) is 4.79 Å². The summed E-state index contributed by atoms with van der Waals surface area (Å²) in [6, 6.07) is 19.3. The molecule has 0 unspecified atom stereocenters. The lowest BCUT2D eigenvalue weighted by Crippen LogP contribution is -2.15. The molecule has 23 heavy (non-hydrogen) atoms. The highest BCUT2D eigenvalue weighted by Gasteiger charge is 2.20. The monoisotopic (exact) mass is 307 g/mol. The number of nitrogens with two attached hydrogens (primary N) is 2. The number of carbonyl (C=O) groups excluding carboxylic acids is 1. The largest absolute Gasteiger partial charge is 0.381 e. The Morgan fingerprint density at radius 2 is 1.65 bits per heavy atom. The van der Waals surface area contributed by atoms with Crippen LogP contribution in [-0.4, -0.2) is 15.7 Å². The summed E-state index contributed by atoms with van der Waals surface area (Å²) in [6.45, 7) is 0.480. The van der Waals surface area contributed by atoms with Crippen LogP contribution < -0.4 is 16.8 Å². The molecule has 0 radical (unpaired) electrons. The number of para-hydroxylation sites is 1. The number of benzene rings is 2. The van der Waals surface area contributed by atoms with Gasteiger partial charge in [-0.15, -0.1) is 0 Å². The number of hydrogen-bond donors (Lipinski definition) is 3. The minimum Gasteiger partial charge on any atom is -0.381 e. The molecular formula is C17H17N5O. The molecule has 116 valence electrons. The predicted molar refractivity (Wildman–Crippen MR) is 90.4 cm³/mol. The first kappa shape index (κ1) is 14.6. The number of nitrogens with one attached hydrogen (secondary N) is 1. The van der Waals surface area contributed by atoms with Gasteiger partial charge in [-0.3, -0.25) is 4.79 Å². The SMILES string of the molecule is NC(=O)c1c(N)nn(Cc2ccccc2)c1Nc1ccccc1. The average Bonchev–Trinajstić information content (AvgIpc) is 2.85. The molecule has 3 aromatic rings. The first-order valence-corrected chi connectivity index (χ1v) is 7.17. The number of anilines is 3. The fourth-order valence-corrected chi connectivity index (χ4v) is 2.38. The molecule has 0 atom stereocenters. The van der Waals surface area contributed by atoms with E-state index in [0.29, 0.717) is 12.4 Å². The molecule has 5 N–H and O–H groups in total. The van der Waals surface area contributed by atoms with Crippen LogP contribution in [0.4, 0.5) is 17.3 Å². The molecule has 0 spiro atoms. The van der Waals surface area contributed by atoms with Gasteiger partial charge in [0.15, 0.2) is 5.82 Å². The Bertz CT molecular complexity index is 812. The Hall–Kier alpha value is -3.28. The van der Waals surface area contributed by atoms with E-state index in [-0.39, 0.29) is 11.4 Å². The van der Waals surface area contributed by atoms with Crippen molar-refractivity contribution >= 4 is 23.2 Å². The van der Waals surface area contributed by atoms with Crippen molar-refractivity contribution in [2.45, 2.75) is 6.54 Å². The minimum atomic E-state index is -0.611. The van der Waals surface area contributed by atoms with Crippen LogP contribution in [0.15, 0.2) is 60.7 Å². The van der Waals surface area contributed by atoms with Gasteiger partial charge in [0, 0.05) is 5.69 Å². The maximum atomic E-state index is 11.7. The summed E-state index contributed by atoms with van der Waals surface area (Å²) in [5.74, 6) is -0.00263. The van der Waals surface area contributed by atoms with Crippen LogP contribution in [0.25, 0.3) is 0 Å². The van der Waals surface area contributed by atoms with Crippen molar-refractivity contribution in [3.05, 3.63) is 71.8 Å². The second-order valence-corrected chi connectivity index (χ2v) is 5.11. The van der Waals surface area contributed by atoms with Crippen LogP contribution in [0, 0.1) is 0 Å². The lowest BCUT2D eigenvalue weighted by molar-refractivity contribution is 0.100. The van der Waals surface area contributed by atoms with Gasteiger partial charge in [0.2, 0.25) is 0 Å². The van der Waals surface area contributed by atoms with Crippen molar-refractivity contribution < 1.29 is 4.79 Å². The zero-order valence-electron chi connectivity index (χ0n) is 12.4. The van der Waals surface area contributed by atoms with E-state index in [4.69, 9.17) is 11.5 Å². The number of hydrogen-bond acceptors (Lipinski definition) is 4. The van der Waals surface area contributed by atoms with Crippen molar-refractivity contribution in [1.29, 1.82) is 0 Å². The molecular weight excluding hydrogens is 290 g/mol. The lowest BCUT2D eigenvalue weighted by atomic mass is 10.2. The fourth-order valence-electron chi connectivity index (χ4n) is 2.38. The molecule has 3 rings (SSSR count). The van der Waals surface area contributed by atoms with Gasteiger partial charge < -0.3 is 16.8 Å². The van der Waals surface area contributed by atoms with Gasteiger partial charge in [-0.1, -0.05) is 48.5 Å². The zero-order chi connectivity index (χ0) is 16.2. The maximum Gasteiger partial charge on any atom is 0.256 e. The van der Waals surface area contributed by atoms with Crippen LogP contribution in [-0.2, 0) is 6.54 Å². The second kappa shape index (κ2) is 6.23. The Balaban J connectivity index is 2.01. The number of nitrogen functional groups attached to an aromatic ring is 1. The summed E-state index contributed by atoms with van der Waals surface area (Å²) in [7, 11) is 0. The smallest absolute Gasteiger partial charge is 0.256 e. The summed E-state index contributed by atoms with van der Waals surface area (Å²) in [4.78, 5) is 11.7. The van der Waals surface area contributed by atoms with Gasteiger partial charge in [0.1, 0.15) is 11.4 Å². The maximum absolute atomic E-state index is 11.7. The standard InChI is InChI=1S/C17H17N5O/c18-15-14(16(19)23)17(20-13-9-5-2-6-10-13)22(21-15)11-12-7-3-1-4-8-12/h1-10,20H,11H2,(H2,18,21)(H2,19,23). The molecule has 1 amide bonds. The van der Waals surface area contributed by atoms with Gasteiger partial charge in [-0.2, -0.15) is 5.10 Å². The molecule has 0 aliphatic carbocycles. The van der Waals surface area contributed by atoms with E-state index < -0.39 is 5.91 Å². The van der Waals surface area contributed by atoms with Gasteiger partial charge >= 0.3 is 0 Å². The molecule has 0 saturated carbocycles. The van der Waals surface area contributed by atoms with E-state index in [1.165, 1.54) is 0 Å². The third-order valence-electron chi connectivity index (χ3n) is 3.44. The van der Waals surface area contributed by atoms with Crippen LogP contribution in [0.5, 0.6) is 0 Å². The van der Waals surface area contributed by atoms with Gasteiger partial charge in [0.25, 0.3) is 5.91 Å². The van der Waals surface area contributed by atoms with Crippen LogP contribution in [0.1, 0.15) is 15.9 Å². The third kappa shape index (κ3) is 3.16. The Morgan fingerprint density at radius 3 is 2.26 bits per heavy atom. The summed E-state index contributed by atoms with van der Waals surface area (Å²) in [5, 5.41) is 7.44. The molecule has 0 saturated heterocycles. The number of aromatic nitrogens is 2. The summed E-state index contributed by atoms with van der Waals surface area (Å²) in [5.41, 5.74) is 13.4. The van der Waals surface area contributed by atoms with Crippen molar-refractivity contribution in [3.63, 3.8) is 0 Å². The number of nitrogens with zero attached hydrogens (tertiary/aromatic N) is 2. The lowest BCUT2D eigenvalue weighted by Gasteiger charge is -2.11. The summed E-state index contributed by atoms with van der Waals surface area (Å²) < 4.78 is 1.65. The fraction of sp³-hybridized carbons (Fsp3) is 0.0588. The van der Waals surface area contributed by atoms with E-state index >= 15 is 0 Å².